The minimum absolute atomic E-state index is 0.0213. The van der Waals surface area contributed by atoms with Crippen molar-refractivity contribution in [3.05, 3.63) is 64.1 Å². The molecular weight excluding hydrogens is 408 g/mol. The van der Waals surface area contributed by atoms with E-state index in [0.717, 1.165) is 31.4 Å². The Bertz CT molecular complexity index is 1210. The van der Waals surface area contributed by atoms with Crippen LogP contribution in [0.15, 0.2) is 47.4 Å². The fourth-order valence-electron chi connectivity index (χ4n) is 4.01. The topological polar surface area (TPSA) is 102 Å². The molecule has 1 aliphatic carbocycles. The van der Waals surface area contributed by atoms with Crippen molar-refractivity contribution in [2.24, 2.45) is 0 Å². The number of pyridine rings is 2. The van der Waals surface area contributed by atoms with Gasteiger partial charge in [0, 0.05) is 23.6 Å². The van der Waals surface area contributed by atoms with Crippen molar-refractivity contribution >= 4 is 28.5 Å². The number of nitrogens with one attached hydrogen (secondary N) is 2. The van der Waals surface area contributed by atoms with E-state index in [9.17, 15) is 14.4 Å². The van der Waals surface area contributed by atoms with Crippen LogP contribution < -0.4 is 20.8 Å². The highest BCUT2D eigenvalue weighted by molar-refractivity contribution is 6.05. The lowest BCUT2D eigenvalue weighted by atomic mass is 10.1. The number of aromatic nitrogens is 2. The molecule has 1 fully saturated rings. The van der Waals surface area contributed by atoms with Crippen LogP contribution in [0.5, 0.6) is 5.75 Å². The number of benzene rings is 1. The molecule has 8 nitrogen and oxygen atoms in total. The first-order valence-corrected chi connectivity index (χ1v) is 10.7. The van der Waals surface area contributed by atoms with Gasteiger partial charge in [0.2, 0.25) is 11.3 Å². The van der Waals surface area contributed by atoms with Gasteiger partial charge in [-0.15, -0.1) is 0 Å². The van der Waals surface area contributed by atoms with Crippen LogP contribution in [-0.2, 0) is 11.3 Å². The van der Waals surface area contributed by atoms with Gasteiger partial charge in [-0.05, 0) is 56.2 Å². The third-order valence-corrected chi connectivity index (χ3v) is 5.69. The maximum Gasteiger partial charge on any atom is 0.261 e. The Kier molecular flexibility index (Phi) is 6.20. The Morgan fingerprint density at radius 3 is 2.53 bits per heavy atom. The molecule has 2 aromatic heterocycles. The first-order chi connectivity index (χ1) is 15.4. The lowest BCUT2D eigenvalue weighted by Gasteiger charge is -2.16. The Balaban J connectivity index is 1.66. The molecule has 0 spiro atoms. The predicted molar refractivity (Wildman–Crippen MR) is 122 cm³/mol. The van der Waals surface area contributed by atoms with Crippen molar-refractivity contribution in [2.75, 3.05) is 12.4 Å². The summed E-state index contributed by atoms with van der Waals surface area (Å²) >= 11 is 0. The van der Waals surface area contributed by atoms with Crippen molar-refractivity contribution in [2.45, 2.75) is 45.2 Å². The molecule has 8 heteroatoms. The molecule has 0 unspecified atom stereocenters. The molecule has 0 bridgehead atoms. The second-order valence-corrected chi connectivity index (χ2v) is 8.06. The molecule has 0 radical (unpaired) electrons. The molecule has 0 saturated heterocycles. The van der Waals surface area contributed by atoms with E-state index in [1.54, 1.807) is 48.1 Å². The molecule has 2 heterocycles. The van der Waals surface area contributed by atoms with Gasteiger partial charge in [0.15, 0.2) is 0 Å². The van der Waals surface area contributed by atoms with Crippen molar-refractivity contribution in [3.63, 3.8) is 0 Å². The number of carbonyl (C=O) groups is 2. The summed E-state index contributed by atoms with van der Waals surface area (Å²) in [5.41, 5.74) is 1.16. The number of amides is 2. The summed E-state index contributed by atoms with van der Waals surface area (Å²) in [4.78, 5) is 43.1. The lowest BCUT2D eigenvalue weighted by molar-refractivity contribution is -0.122. The average Bonchev–Trinajstić information content (AvgIpc) is 3.29. The lowest BCUT2D eigenvalue weighted by Crippen LogP contribution is -2.36. The van der Waals surface area contributed by atoms with Gasteiger partial charge in [-0.1, -0.05) is 12.8 Å². The van der Waals surface area contributed by atoms with Gasteiger partial charge < -0.3 is 19.9 Å². The second kappa shape index (κ2) is 9.21. The van der Waals surface area contributed by atoms with Gasteiger partial charge in [-0.3, -0.25) is 14.4 Å². The van der Waals surface area contributed by atoms with E-state index >= 15 is 0 Å². The van der Waals surface area contributed by atoms with Crippen LogP contribution >= 0.6 is 0 Å². The summed E-state index contributed by atoms with van der Waals surface area (Å²) in [5.74, 6) is -0.0509. The van der Waals surface area contributed by atoms with Gasteiger partial charge in [-0.25, -0.2) is 4.98 Å². The number of anilines is 1. The molecule has 166 valence electrons. The summed E-state index contributed by atoms with van der Waals surface area (Å²) in [5, 5.41) is 6.08. The van der Waals surface area contributed by atoms with Crippen LogP contribution in [0.3, 0.4) is 0 Å². The monoisotopic (exact) mass is 434 g/mol. The van der Waals surface area contributed by atoms with Gasteiger partial charge in [0.1, 0.15) is 23.5 Å². The van der Waals surface area contributed by atoms with E-state index in [1.165, 1.54) is 6.20 Å². The molecule has 0 aliphatic heterocycles. The van der Waals surface area contributed by atoms with Gasteiger partial charge in [0.05, 0.1) is 12.5 Å². The minimum Gasteiger partial charge on any atom is -0.497 e. The molecule has 32 heavy (non-hydrogen) atoms. The Hall–Kier alpha value is -3.68. The second-order valence-electron chi connectivity index (χ2n) is 8.06. The maximum absolute atomic E-state index is 13.1. The Morgan fingerprint density at radius 2 is 1.84 bits per heavy atom. The highest BCUT2D eigenvalue weighted by Crippen LogP contribution is 2.19. The summed E-state index contributed by atoms with van der Waals surface area (Å²) < 4.78 is 6.71. The van der Waals surface area contributed by atoms with Crippen LogP contribution in [0.25, 0.3) is 11.0 Å². The van der Waals surface area contributed by atoms with Gasteiger partial charge in [-0.2, -0.15) is 0 Å². The molecule has 0 atom stereocenters. The Morgan fingerprint density at radius 1 is 1.12 bits per heavy atom. The number of aryl methyl sites for hydroxylation is 1. The minimum atomic E-state index is -0.549. The highest BCUT2D eigenvalue weighted by atomic mass is 16.5. The SMILES string of the molecule is COc1ccc(NC(=O)c2cn(CC(=O)NC3CCCC3)c3nc(C)ccc3c2=O)cc1. The van der Waals surface area contributed by atoms with Crippen LogP contribution in [0.2, 0.25) is 0 Å². The molecule has 1 aliphatic rings. The Labute approximate surface area is 185 Å². The predicted octanol–water partition coefficient (Wildman–Crippen LogP) is 3.02. The number of ether oxygens (including phenoxy) is 1. The molecule has 1 saturated carbocycles. The zero-order chi connectivity index (χ0) is 22.7. The van der Waals surface area contributed by atoms with Crippen LogP contribution in [0.1, 0.15) is 41.7 Å². The molecular formula is C24H26N4O4. The third kappa shape index (κ3) is 4.64. The normalized spacial score (nSPS) is 13.8. The van der Waals surface area contributed by atoms with Crippen molar-refractivity contribution in [3.8, 4) is 5.75 Å². The summed E-state index contributed by atoms with van der Waals surface area (Å²) in [7, 11) is 1.56. The highest BCUT2D eigenvalue weighted by Gasteiger charge is 2.20. The molecule has 2 N–H and O–H groups in total. The fourth-order valence-corrected chi connectivity index (χ4v) is 4.01. The van der Waals surface area contributed by atoms with E-state index in [1.807, 2.05) is 6.92 Å². The van der Waals surface area contributed by atoms with E-state index in [-0.39, 0.29) is 24.1 Å². The number of methoxy groups -OCH3 is 1. The molecule has 4 rings (SSSR count). The maximum atomic E-state index is 13.1. The largest absolute Gasteiger partial charge is 0.497 e. The molecule has 1 aromatic carbocycles. The van der Waals surface area contributed by atoms with Crippen LogP contribution in [-0.4, -0.2) is 34.5 Å². The average molecular weight is 434 g/mol. The van der Waals surface area contributed by atoms with Gasteiger partial charge >= 0.3 is 0 Å². The quantitative estimate of drug-likeness (QED) is 0.621. The van der Waals surface area contributed by atoms with Crippen LogP contribution in [0, 0.1) is 6.92 Å². The van der Waals surface area contributed by atoms with E-state index in [4.69, 9.17) is 4.74 Å². The third-order valence-electron chi connectivity index (χ3n) is 5.69. The first-order valence-electron chi connectivity index (χ1n) is 10.7. The van der Waals surface area contributed by atoms with Gasteiger partial charge in [0.25, 0.3) is 5.91 Å². The van der Waals surface area contributed by atoms with Crippen molar-refractivity contribution in [1.29, 1.82) is 0 Å². The number of hydrogen-bond donors (Lipinski definition) is 2. The summed E-state index contributed by atoms with van der Waals surface area (Å²) in [6, 6.07) is 10.4. The number of nitrogens with zero attached hydrogens (tertiary/aromatic N) is 2. The van der Waals surface area contributed by atoms with E-state index in [0.29, 0.717) is 22.5 Å². The van der Waals surface area contributed by atoms with Crippen molar-refractivity contribution in [1.82, 2.24) is 14.9 Å². The molecule has 2 amide bonds. The first kappa shape index (κ1) is 21.5. The zero-order valence-electron chi connectivity index (χ0n) is 18.2. The molecule has 3 aromatic rings. The van der Waals surface area contributed by atoms with Crippen molar-refractivity contribution < 1.29 is 14.3 Å². The van der Waals surface area contributed by atoms with E-state index in [2.05, 4.69) is 15.6 Å². The van der Waals surface area contributed by atoms with Crippen LogP contribution in [0.4, 0.5) is 5.69 Å². The zero-order valence-corrected chi connectivity index (χ0v) is 18.2. The number of rotatable bonds is 6. The smallest absolute Gasteiger partial charge is 0.261 e. The standard InChI is InChI=1S/C24H26N4O4/c1-15-7-12-19-22(30)20(24(31)27-17-8-10-18(32-2)11-9-17)13-28(23(19)25-15)14-21(29)26-16-5-3-4-6-16/h7-13,16H,3-6,14H2,1-2H3,(H,26,29)(H,27,31). The van der Waals surface area contributed by atoms with E-state index < -0.39 is 11.3 Å². The summed E-state index contributed by atoms with van der Waals surface area (Å²) in [6.07, 6.45) is 5.60. The number of hydrogen-bond acceptors (Lipinski definition) is 5. The summed E-state index contributed by atoms with van der Waals surface area (Å²) in [6.45, 7) is 1.80. The number of carbonyl (C=O) groups excluding carboxylic acids is 2. The fraction of sp³-hybridized carbons (Fsp3) is 0.333. The number of fused-ring (bicyclic) bond motifs is 1.